The molecule has 1 aromatic heterocycles. The molecule has 0 saturated heterocycles. The summed E-state index contributed by atoms with van der Waals surface area (Å²) in [4.78, 5) is 53.7. The predicted octanol–water partition coefficient (Wildman–Crippen LogP) is 7.89. The highest BCUT2D eigenvalue weighted by Gasteiger charge is 2.31. The number of amides is 4. The first-order valence-electron chi connectivity index (χ1n) is 16.9. The molecule has 4 aromatic rings. The van der Waals surface area contributed by atoms with Gasteiger partial charge in [0, 0.05) is 29.7 Å². The number of nitrogens with zero attached hydrogens (tertiary/aromatic N) is 2. The molecule has 4 amide bonds. The largest absolute Gasteiger partial charge is 0.416 e. The second-order valence-corrected chi connectivity index (χ2v) is 13.4. The molecule has 0 radical (unpaired) electrons. The van der Waals surface area contributed by atoms with Crippen molar-refractivity contribution >= 4 is 53.3 Å². The van der Waals surface area contributed by atoms with Crippen molar-refractivity contribution in [3.8, 4) is 0 Å². The Morgan fingerprint density at radius 1 is 0.796 bits per heavy atom. The zero-order valence-corrected chi connectivity index (χ0v) is 31.6. The Bertz CT molecular complexity index is 1830. The lowest BCUT2D eigenvalue weighted by Gasteiger charge is -2.18. The molecule has 5 N–H and O–H groups in total. The molecule has 12 nitrogen and oxygen atoms in total. The first kappa shape index (κ1) is 44.3. The SMILES string of the molecule is CC(C)CC(NC=O)C(=O)Nc1cccc(Nc2ncc(NC=O)cn2)c1.COC(C)(C)C.Cc1ccc(NC(=O)c2cccc(C(F)(F)F)c2)cc1C. The fraction of sp³-hybridized carbons (Fsp3) is 0.333. The Balaban J connectivity index is 0.000000331. The fourth-order valence-corrected chi connectivity index (χ4v) is 4.23. The normalized spacial score (nSPS) is 11.4. The van der Waals surface area contributed by atoms with Crippen molar-refractivity contribution in [1.29, 1.82) is 0 Å². The summed E-state index contributed by atoms with van der Waals surface area (Å²) in [6.45, 7) is 13.9. The van der Waals surface area contributed by atoms with Crippen LogP contribution < -0.4 is 26.6 Å². The summed E-state index contributed by atoms with van der Waals surface area (Å²) in [7, 11) is 1.71. The van der Waals surface area contributed by atoms with Crippen LogP contribution in [0.15, 0.2) is 79.1 Å². The number of carbonyl (C=O) groups excluding carboxylic acids is 4. The number of ether oxygens (including phenoxy) is 1. The van der Waals surface area contributed by atoms with Gasteiger partial charge < -0.3 is 31.3 Å². The Morgan fingerprint density at radius 2 is 1.41 bits per heavy atom. The van der Waals surface area contributed by atoms with Gasteiger partial charge in [0.25, 0.3) is 5.91 Å². The molecular formula is C39H48F3N7O5. The molecule has 0 aliphatic carbocycles. The van der Waals surface area contributed by atoms with E-state index in [9.17, 15) is 32.3 Å². The maximum absolute atomic E-state index is 12.6. The van der Waals surface area contributed by atoms with E-state index in [-0.39, 0.29) is 23.0 Å². The second-order valence-electron chi connectivity index (χ2n) is 13.4. The van der Waals surface area contributed by atoms with Gasteiger partial charge in [0.15, 0.2) is 0 Å². The standard InChI is InChI=1S/C18H22N6O3.C16H14F3NO.C5H12O/c1-12(2)6-16(22-11-26)17(27)23-13-4-3-5-14(7-13)24-18-19-8-15(9-20-18)21-10-25;1-10-6-7-14(8-11(10)2)20-15(21)12-4-3-5-13(9-12)16(17,18)19;1-5(2,3)6-4/h3-5,7-12,16H,6H2,1-2H3,(H,21,25)(H,22,26)(H,23,27)(H,19,20,24);3-9H,1-2H3,(H,20,21);1-4H3. The van der Waals surface area contributed by atoms with Gasteiger partial charge in [-0.3, -0.25) is 19.2 Å². The molecule has 3 aromatic carbocycles. The third-order valence-corrected chi connectivity index (χ3v) is 7.39. The number of hydrogen-bond donors (Lipinski definition) is 5. The maximum Gasteiger partial charge on any atom is 0.416 e. The van der Waals surface area contributed by atoms with Gasteiger partial charge in [-0.2, -0.15) is 13.2 Å². The van der Waals surface area contributed by atoms with E-state index in [1.165, 1.54) is 24.5 Å². The number of nitrogens with one attached hydrogen (secondary N) is 5. The molecule has 54 heavy (non-hydrogen) atoms. The topological polar surface area (TPSA) is 163 Å². The highest BCUT2D eigenvalue weighted by Crippen LogP contribution is 2.30. The minimum absolute atomic E-state index is 0.0250. The van der Waals surface area contributed by atoms with Crippen molar-refractivity contribution in [1.82, 2.24) is 15.3 Å². The van der Waals surface area contributed by atoms with Gasteiger partial charge >= 0.3 is 6.18 Å². The van der Waals surface area contributed by atoms with E-state index < -0.39 is 23.7 Å². The number of aryl methyl sites for hydroxylation is 2. The molecule has 1 heterocycles. The van der Waals surface area contributed by atoms with Gasteiger partial charge in [0.05, 0.1) is 29.2 Å². The molecule has 290 valence electrons. The van der Waals surface area contributed by atoms with Gasteiger partial charge in [0.2, 0.25) is 24.7 Å². The number of aromatic nitrogens is 2. The Morgan fingerprint density at radius 3 is 1.96 bits per heavy atom. The van der Waals surface area contributed by atoms with E-state index in [1.54, 1.807) is 43.5 Å². The lowest BCUT2D eigenvalue weighted by atomic mass is 10.0. The molecule has 4 rings (SSSR count). The van der Waals surface area contributed by atoms with E-state index in [0.717, 1.165) is 23.3 Å². The summed E-state index contributed by atoms with van der Waals surface area (Å²) in [6, 6.07) is 16.1. The maximum atomic E-state index is 12.6. The third kappa shape index (κ3) is 16.2. The lowest BCUT2D eigenvalue weighted by molar-refractivity contribution is -0.137. The number of halogens is 3. The van der Waals surface area contributed by atoms with Crippen molar-refractivity contribution in [2.24, 2.45) is 5.92 Å². The third-order valence-electron chi connectivity index (χ3n) is 7.39. The number of hydrogen-bond acceptors (Lipinski definition) is 8. The monoisotopic (exact) mass is 751 g/mol. The highest BCUT2D eigenvalue weighted by atomic mass is 19.4. The average Bonchev–Trinajstić information content (AvgIpc) is 3.10. The van der Waals surface area contributed by atoms with Crippen LogP contribution in [0.5, 0.6) is 0 Å². The summed E-state index contributed by atoms with van der Waals surface area (Å²) in [5, 5.41) is 13.4. The smallest absolute Gasteiger partial charge is 0.379 e. The number of anilines is 5. The van der Waals surface area contributed by atoms with Crippen LogP contribution in [-0.2, 0) is 25.3 Å². The Hall–Kier alpha value is -5.83. The van der Waals surface area contributed by atoms with Gasteiger partial charge in [-0.25, -0.2) is 9.97 Å². The van der Waals surface area contributed by atoms with Crippen LogP contribution in [0.2, 0.25) is 0 Å². The number of carbonyl (C=O) groups is 4. The quantitative estimate of drug-likeness (QED) is 0.0913. The summed E-state index contributed by atoms with van der Waals surface area (Å²) < 4.78 is 42.8. The highest BCUT2D eigenvalue weighted by molar-refractivity contribution is 6.04. The van der Waals surface area contributed by atoms with Crippen LogP contribution in [-0.4, -0.2) is 53.4 Å². The number of alkyl halides is 3. The van der Waals surface area contributed by atoms with Crippen LogP contribution in [0, 0.1) is 19.8 Å². The van der Waals surface area contributed by atoms with E-state index in [4.69, 9.17) is 4.74 Å². The van der Waals surface area contributed by atoms with E-state index in [2.05, 4.69) is 36.6 Å². The molecule has 0 spiro atoms. The van der Waals surface area contributed by atoms with E-state index in [0.29, 0.717) is 47.9 Å². The number of methoxy groups -OCH3 is 1. The Labute approximate surface area is 313 Å². The van der Waals surface area contributed by atoms with Crippen LogP contribution in [0.1, 0.15) is 68.1 Å². The van der Waals surface area contributed by atoms with Gasteiger partial charge in [-0.05, 0) is 107 Å². The van der Waals surface area contributed by atoms with Crippen LogP contribution in [0.3, 0.4) is 0 Å². The molecular weight excluding hydrogens is 703 g/mol. The number of rotatable bonds is 12. The first-order valence-corrected chi connectivity index (χ1v) is 16.9. The lowest BCUT2D eigenvalue weighted by Crippen LogP contribution is -2.40. The molecule has 1 atom stereocenters. The second kappa shape index (κ2) is 21.0. The van der Waals surface area contributed by atoms with Crippen molar-refractivity contribution in [2.75, 3.05) is 28.4 Å². The van der Waals surface area contributed by atoms with Crippen molar-refractivity contribution in [3.05, 3.63) is 101 Å². The zero-order chi connectivity index (χ0) is 40.5. The van der Waals surface area contributed by atoms with Crippen LogP contribution in [0.25, 0.3) is 0 Å². The van der Waals surface area contributed by atoms with Gasteiger partial charge in [-0.15, -0.1) is 0 Å². The summed E-state index contributed by atoms with van der Waals surface area (Å²) in [5.74, 6) is -0.247. The van der Waals surface area contributed by atoms with Crippen molar-refractivity contribution in [3.63, 3.8) is 0 Å². The van der Waals surface area contributed by atoms with Gasteiger partial charge in [0.1, 0.15) is 6.04 Å². The molecule has 0 saturated carbocycles. The van der Waals surface area contributed by atoms with E-state index in [1.807, 2.05) is 54.5 Å². The molecule has 0 aliphatic heterocycles. The molecule has 1 unspecified atom stereocenters. The summed E-state index contributed by atoms with van der Waals surface area (Å²) >= 11 is 0. The summed E-state index contributed by atoms with van der Waals surface area (Å²) in [5.41, 5.74) is 3.54. The van der Waals surface area contributed by atoms with Crippen molar-refractivity contribution < 1.29 is 37.1 Å². The summed E-state index contributed by atoms with van der Waals surface area (Å²) in [6.07, 6.45) is 0.0945. The molecule has 15 heteroatoms. The minimum Gasteiger partial charge on any atom is -0.379 e. The average molecular weight is 752 g/mol. The van der Waals surface area contributed by atoms with Crippen LogP contribution >= 0.6 is 0 Å². The first-order chi connectivity index (χ1) is 25.3. The predicted molar refractivity (Wildman–Crippen MR) is 205 cm³/mol. The molecule has 0 aliphatic rings. The zero-order valence-electron chi connectivity index (χ0n) is 31.6. The molecule has 0 bridgehead atoms. The van der Waals surface area contributed by atoms with E-state index >= 15 is 0 Å². The van der Waals surface area contributed by atoms with Gasteiger partial charge in [-0.1, -0.05) is 32.0 Å². The fourth-order valence-electron chi connectivity index (χ4n) is 4.23. The van der Waals surface area contributed by atoms with Crippen LogP contribution in [0.4, 0.5) is 41.9 Å². The molecule has 0 fully saturated rings. The Kier molecular flexibility index (Phi) is 17.3. The number of benzene rings is 3. The minimum atomic E-state index is -4.46. The van der Waals surface area contributed by atoms with Crippen molar-refractivity contribution in [2.45, 2.75) is 72.7 Å².